The summed E-state index contributed by atoms with van der Waals surface area (Å²) >= 11 is 0. The van der Waals surface area contributed by atoms with E-state index >= 15 is 0 Å². The summed E-state index contributed by atoms with van der Waals surface area (Å²) in [4.78, 5) is 3.99. The van der Waals surface area contributed by atoms with Crippen molar-refractivity contribution in [2.24, 2.45) is 5.73 Å². The lowest BCUT2D eigenvalue weighted by molar-refractivity contribution is -0.137. The van der Waals surface area contributed by atoms with Crippen molar-refractivity contribution in [2.75, 3.05) is 13.7 Å². The predicted octanol–water partition coefficient (Wildman–Crippen LogP) is 2.88. The topological polar surface area (TPSA) is 61.3 Å². The molecule has 0 aliphatic carbocycles. The van der Waals surface area contributed by atoms with E-state index in [1.165, 1.54) is 13.2 Å². The Labute approximate surface area is 107 Å². The van der Waals surface area contributed by atoms with Crippen LogP contribution < -0.4 is 5.73 Å². The molecule has 1 heterocycles. The summed E-state index contributed by atoms with van der Waals surface area (Å²) in [5.41, 5.74) is 5.49. The molecule has 0 saturated carbocycles. The molecule has 1 atom stereocenters. The second kappa shape index (κ2) is 5.18. The fraction of sp³-hybridized carbons (Fsp3) is 0.417. The number of hydrogen-bond acceptors (Lipinski definition) is 4. The summed E-state index contributed by atoms with van der Waals surface area (Å²) in [6.45, 7) is 0.424. The van der Waals surface area contributed by atoms with Crippen LogP contribution in [0.1, 0.15) is 23.9 Å². The molecule has 0 spiro atoms. The van der Waals surface area contributed by atoms with Crippen molar-refractivity contribution in [1.82, 2.24) is 4.98 Å². The molecule has 7 heteroatoms. The van der Waals surface area contributed by atoms with Crippen molar-refractivity contribution >= 4 is 11.1 Å². The number of alkyl halides is 3. The van der Waals surface area contributed by atoms with E-state index in [-0.39, 0.29) is 17.0 Å². The minimum Gasteiger partial charge on any atom is -0.439 e. The summed E-state index contributed by atoms with van der Waals surface area (Å²) in [5, 5.41) is 0. The highest BCUT2D eigenvalue weighted by molar-refractivity contribution is 5.73. The second-order valence-corrected chi connectivity index (χ2v) is 4.12. The highest BCUT2D eigenvalue weighted by Gasteiger charge is 2.31. The van der Waals surface area contributed by atoms with Gasteiger partial charge < -0.3 is 14.9 Å². The van der Waals surface area contributed by atoms with Gasteiger partial charge in [0, 0.05) is 13.7 Å². The second-order valence-electron chi connectivity index (χ2n) is 4.12. The van der Waals surface area contributed by atoms with Crippen LogP contribution in [0.3, 0.4) is 0 Å². The number of hydrogen-bond donors (Lipinski definition) is 1. The maximum atomic E-state index is 12.5. The van der Waals surface area contributed by atoms with Gasteiger partial charge in [0.2, 0.25) is 5.89 Å². The van der Waals surface area contributed by atoms with E-state index in [1.807, 2.05) is 0 Å². The number of benzene rings is 1. The van der Waals surface area contributed by atoms with Gasteiger partial charge in [-0.2, -0.15) is 13.2 Å². The SMILES string of the molecule is COCCC(N)c1nc2cc(C(F)(F)F)ccc2o1. The third-order valence-corrected chi connectivity index (χ3v) is 2.68. The lowest BCUT2D eigenvalue weighted by Gasteiger charge is -2.05. The van der Waals surface area contributed by atoms with Crippen LogP contribution in [-0.4, -0.2) is 18.7 Å². The van der Waals surface area contributed by atoms with Gasteiger partial charge in [-0.25, -0.2) is 4.98 Å². The monoisotopic (exact) mass is 274 g/mol. The number of halogens is 3. The van der Waals surface area contributed by atoms with Gasteiger partial charge in [0.1, 0.15) is 5.52 Å². The first-order valence-electron chi connectivity index (χ1n) is 5.64. The molecule has 2 rings (SSSR count). The quantitative estimate of drug-likeness (QED) is 0.931. The van der Waals surface area contributed by atoms with E-state index in [2.05, 4.69) is 4.98 Å². The number of nitrogens with zero attached hydrogens (tertiary/aromatic N) is 1. The number of ether oxygens (including phenoxy) is 1. The lowest BCUT2D eigenvalue weighted by Crippen LogP contribution is -2.12. The molecule has 0 saturated heterocycles. The Kier molecular flexibility index (Phi) is 3.77. The average Bonchev–Trinajstić information content (AvgIpc) is 2.77. The van der Waals surface area contributed by atoms with E-state index in [1.54, 1.807) is 0 Å². The van der Waals surface area contributed by atoms with Gasteiger partial charge in [0.15, 0.2) is 5.58 Å². The zero-order valence-electron chi connectivity index (χ0n) is 10.2. The lowest BCUT2D eigenvalue weighted by atomic mass is 10.2. The van der Waals surface area contributed by atoms with Gasteiger partial charge in [0.05, 0.1) is 11.6 Å². The summed E-state index contributed by atoms with van der Waals surface area (Å²) < 4.78 is 47.9. The predicted molar refractivity (Wildman–Crippen MR) is 62.4 cm³/mol. The molecule has 0 aliphatic rings. The minimum atomic E-state index is -4.40. The average molecular weight is 274 g/mol. The van der Waals surface area contributed by atoms with Crippen molar-refractivity contribution in [2.45, 2.75) is 18.6 Å². The molecule has 0 fully saturated rings. The highest BCUT2D eigenvalue weighted by Crippen LogP contribution is 2.32. The van der Waals surface area contributed by atoms with Crippen molar-refractivity contribution in [3.05, 3.63) is 29.7 Å². The molecular formula is C12H13F3N2O2. The highest BCUT2D eigenvalue weighted by atomic mass is 19.4. The number of aromatic nitrogens is 1. The minimum absolute atomic E-state index is 0.151. The van der Waals surface area contributed by atoms with Gasteiger partial charge in [-0.05, 0) is 24.6 Å². The molecule has 104 valence electrons. The third-order valence-electron chi connectivity index (χ3n) is 2.68. The van der Waals surface area contributed by atoms with Gasteiger partial charge in [-0.1, -0.05) is 0 Å². The van der Waals surface area contributed by atoms with E-state index in [9.17, 15) is 13.2 Å². The van der Waals surface area contributed by atoms with Crippen LogP contribution in [0.15, 0.2) is 22.6 Å². The molecule has 0 aliphatic heterocycles. The Morgan fingerprint density at radius 2 is 2.16 bits per heavy atom. The molecule has 19 heavy (non-hydrogen) atoms. The zero-order valence-corrected chi connectivity index (χ0v) is 10.2. The maximum absolute atomic E-state index is 12.5. The van der Waals surface area contributed by atoms with Crippen LogP contribution >= 0.6 is 0 Å². The maximum Gasteiger partial charge on any atom is 0.416 e. The summed E-state index contributed by atoms with van der Waals surface area (Å²) in [7, 11) is 1.54. The molecule has 0 bridgehead atoms. The Morgan fingerprint density at radius 3 is 2.79 bits per heavy atom. The standard InChI is InChI=1S/C12H13F3N2O2/c1-18-5-4-8(16)11-17-9-6-7(12(13,14)15)2-3-10(9)19-11/h2-3,6,8H,4-5,16H2,1H3. The van der Waals surface area contributed by atoms with E-state index in [0.29, 0.717) is 13.0 Å². The first-order chi connectivity index (χ1) is 8.91. The number of fused-ring (bicyclic) bond motifs is 1. The van der Waals surface area contributed by atoms with Crippen molar-refractivity contribution in [1.29, 1.82) is 0 Å². The van der Waals surface area contributed by atoms with Crippen LogP contribution in [0.5, 0.6) is 0 Å². The molecule has 0 amide bonds. The number of nitrogens with two attached hydrogens (primary N) is 1. The van der Waals surface area contributed by atoms with Crippen LogP contribution in [-0.2, 0) is 10.9 Å². The van der Waals surface area contributed by atoms with Gasteiger partial charge in [-0.15, -0.1) is 0 Å². The van der Waals surface area contributed by atoms with Gasteiger partial charge >= 0.3 is 6.18 Å². The molecule has 4 nitrogen and oxygen atoms in total. The molecule has 1 aromatic carbocycles. The Morgan fingerprint density at radius 1 is 1.42 bits per heavy atom. The van der Waals surface area contributed by atoms with Crippen LogP contribution in [0.4, 0.5) is 13.2 Å². The molecule has 2 N–H and O–H groups in total. The molecule has 1 aromatic heterocycles. The Hall–Kier alpha value is -1.60. The van der Waals surface area contributed by atoms with Crippen molar-refractivity contribution < 1.29 is 22.3 Å². The van der Waals surface area contributed by atoms with E-state index in [4.69, 9.17) is 14.9 Å². The van der Waals surface area contributed by atoms with Crippen LogP contribution in [0.25, 0.3) is 11.1 Å². The Bertz CT molecular complexity index is 566. The van der Waals surface area contributed by atoms with E-state index in [0.717, 1.165) is 12.1 Å². The summed E-state index contributed by atoms with van der Waals surface area (Å²) in [6.07, 6.45) is -3.92. The molecular weight excluding hydrogens is 261 g/mol. The summed E-state index contributed by atoms with van der Waals surface area (Å²) in [5.74, 6) is 0.214. The van der Waals surface area contributed by atoms with E-state index < -0.39 is 17.8 Å². The first kappa shape index (κ1) is 13.8. The molecule has 0 radical (unpaired) electrons. The first-order valence-corrected chi connectivity index (χ1v) is 5.64. The smallest absolute Gasteiger partial charge is 0.416 e. The Balaban J connectivity index is 2.30. The van der Waals surface area contributed by atoms with Crippen molar-refractivity contribution in [3.63, 3.8) is 0 Å². The number of rotatable bonds is 4. The normalized spacial score (nSPS) is 13.9. The third kappa shape index (κ3) is 3.05. The fourth-order valence-corrected chi connectivity index (χ4v) is 1.65. The van der Waals surface area contributed by atoms with Gasteiger partial charge in [0.25, 0.3) is 0 Å². The largest absolute Gasteiger partial charge is 0.439 e. The number of methoxy groups -OCH3 is 1. The molecule has 1 unspecified atom stereocenters. The summed E-state index contributed by atoms with van der Waals surface area (Å²) in [6, 6.07) is 2.66. The fourth-order valence-electron chi connectivity index (χ4n) is 1.65. The molecule has 2 aromatic rings. The van der Waals surface area contributed by atoms with Gasteiger partial charge in [-0.3, -0.25) is 0 Å². The van der Waals surface area contributed by atoms with Crippen LogP contribution in [0, 0.1) is 0 Å². The zero-order chi connectivity index (χ0) is 14.0. The number of oxazole rings is 1. The van der Waals surface area contributed by atoms with Crippen LogP contribution in [0.2, 0.25) is 0 Å². The van der Waals surface area contributed by atoms with Crippen molar-refractivity contribution in [3.8, 4) is 0 Å².